The Morgan fingerprint density at radius 3 is 2.31 bits per heavy atom. The molecule has 0 bridgehead atoms. The van der Waals surface area contributed by atoms with Crippen molar-refractivity contribution in [2.45, 2.75) is 43.9 Å². The van der Waals surface area contributed by atoms with Crippen LogP contribution in [0.15, 0.2) is 42.5 Å². The number of carbonyl (C=O) groups is 1. The molecule has 0 spiro atoms. The van der Waals surface area contributed by atoms with E-state index in [9.17, 15) is 26.7 Å². The molecule has 0 saturated carbocycles. The Hall–Kier alpha value is -2.72. The van der Waals surface area contributed by atoms with Crippen molar-refractivity contribution in [1.29, 1.82) is 0 Å². The maximum Gasteiger partial charge on any atom is 0.416 e. The highest BCUT2D eigenvalue weighted by molar-refractivity contribution is 5.91. The lowest BCUT2D eigenvalue weighted by atomic mass is 10.00. The summed E-state index contributed by atoms with van der Waals surface area (Å²) in [5.41, 5.74) is -0.711. The molecule has 2 heterocycles. The molecule has 0 aliphatic carbocycles. The molecule has 0 N–H and O–H groups in total. The van der Waals surface area contributed by atoms with Crippen molar-refractivity contribution < 1.29 is 41.0 Å². The fourth-order valence-corrected chi connectivity index (χ4v) is 3.89. The minimum atomic E-state index is -4.55. The van der Waals surface area contributed by atoms with Gasteiger partial charge in [-0.05, 0) is 61.2 Å². The maximum atomic E-state index is 13.9. The highest BCUT2D eigenvalue weighted by atomic mass is 19.4. The van der Waals surface area contributed by atoms with E-state index < -0.39 is 47.9 Å². The highest BCUT2D eigenvalue weighted by Crippen LogP contribution is 2.39. The van der Waals surface area contributed by atoms with Crippen LogP contribution in [-0.4, -0.2) is 31.7 Å². The predicted octanol–water partition coefficient (Wildman–Crippen LogP) is 5.59. The van der Waals surface area contributed by atoms with Crippen molar-refractivity contribution in [3.8, 4) is 0 Å². The van der Waals surface area contributed by atoms with Crippen LogP contribution in [0.5, 0.6) is 0 Å². The lowest BCUT2D eigenvalue weighted by Gasteiger charge is -2.27. The Balaban J connectivity index is 1.64. The molecule has 32 heavy (non-hydrogen) atoms. The van der Waals surface area contributed by atoms with Crippen LogP contribution in [-0.2, 0) is 20.4 Å². The highest BCUT2D eigenvalue weighted by Gasteiger charge is 2.45. The summed E-state index contributed by atoms with van der Waals surface area (Å²) in [7, 11) is 0. The fraction of sp³-hybridized carbons (Fsp3) is 0.409. The summed E-state index contributed by atoms with van der Waals surface area (Å²) in [6, 6.07) is 5.64. The third-order valence-electron chi connectivity index (χ3n) is 5.36. The molecule has 1 amide bonds. The molecule has 172 valence electrons. The Morgan fingerprint density at radius 2 is 1.72 bits per heavy atom. The molecule has 10 heteroatoms. The van der Waals surface area contributed by atoms with Gasteiger partial charge in [0, 0.05) is 18.4 Å². The summed E-state index contributed by atoms with van der Waals surface area (Å²) < 4.78 is 83.3. The van der Waals surface area contributed by atoms with Gasteiger partial charge in [0.1, 0.15) is 17.7 Å². The van der Waals surface area contributed by atoms with E-state index in [4.69, 9.17) is 14.2 Å². The van der Waals surface area contributed by atoms with Crippen molar-refractivity contribution in [1.82, 2.24) is 0 Å². The molecule has 2 saturated heterocycles. The number of cyclic esters (lactones) is 1. The van der Waals surface area contributed by atoms with Crippen LogP contribution < -0.4 is 4.90 Å². The summed E-state index contributed by atoms with van der Waals surface area (Å²) in [6.45, 7) is 0.418. The minimum absolute atomic E-state index is 0.0893. The van der Waals surface area contributed by atoms with E-state index >= 15 is 0 Å². The summed E-state index contributed by atoms with van der Waals surface area (Å²) in [6.07, 6.45) is -4.40. The van der Waals surface area contributed by atoms with E-state index in [0.717, 1.165) is 54.1 Å². The van der Waals surface area contributed by atoms with E-state index in [0.29, 0.717) is 19.1 Å². The molecule has 2 aromatic carbocycles. The van der Waals surface area contributed by atoms with Gasteiger partial charge in [0.2, 0.25) is 0 Å². The van der Waals surface area contributed by atoms with E-state index in [2.05, 4.69) is 0 Å². The second-order valence-corrected chi connectivity index (χ2v) is 7.61. The first-order valence-corrected chi connectivity index (χ1v) is 10.1. The Bertz CT molecular complexity index is 940. The van der Waals surface area contributed by atoms with Crippen LogP contribution in [0.3, 0.4) is 0 Å². The van der Waals surface area contributed by atoms with Gasteiger partial charge in [-0.15, -0.1) is 0 Å². The van der Waals surface area contributed by atoms with Crippen LogP contribution >= 0.6 is 0 Å². The summed E-state index contributed by atoms with van der Waals surface area (Å²) in [5, 5.41) is 0. The third kappa shape index (κ3) is 4.86. The predicted molar refractivity (Wildman–Crippen MR) is 103 cm³/mol. The zero-order valence-corrected chi connectivity index (χ0v) is 16.8. The monoisotopic (exact) mass is 457 g/mol. The van der Waals surface area contributed by atoms with Crippen molar-refractivity contribution in [3.05, 3.63) is 65.2 Å². The number of rotatable bonds is 5. The molecular formula is C22H20F5NO4. The van der Waals surface area contributed by atoms with Crippen molar-refractivity contribution in [3.63, 3.8) is 0 Å². The number of anilines is 1. The number of alkyl halides is 3. The van der Waals surface area contributed by atoms with Gasteiger partial charge in [-0.3, -0.25) is 4.90 Å². The molecular weight excluding hydrogens is 437 g/mol. The number of carbonyl (C=O) groups excluding carboxylic acids is 1. The first kappa shape index (κ1) is 22.5. The lowest BCUT2D eigenvalue weighted by Crippen LogP contribution is -2.33. The van der Waals surface area contributed by atoms with Crippen LogP contribution in [0.25, 0.3) is 0 Å². The summed E-state index contributed by atoms with van der Waals surface area (Å²) >= 11 is 0. The summed E-state index contributed by atoms with van der Waals surface area (Å²) in [5.74, 6) is -1.72. The molecule has 5 nitrogen and oxygen atoms in total. The number of nitrogens with zero attached hydrogens (tertiary/aromatic N) is 1. The average molecular weight is 457 g/mol. The van der Waals surface area contributed by atoms with Gasteiger partial charge in [-0.2, -0.15) is 13.2 Å². The zero-order valence-electron chi connectivity index (χ0n) is 16.8. The van der Waals surface area contributed by atoms with Gasteiger partial charge < -0.3 is 14.2 Å². The number of hydrogen-bond donors (Lipinski definition) is 0. The van der Waals surface area contributed by atoms with Crippen LogP contribution in [0.4, 0.5) is 32.4 Å². The molecule has 0 aromatic heterocycles. The smallest absolute Gasteiger partial charge is 0.416 e. The van der Waals surface area contributed by atoms with E-state index in [1.165, 1.54) is 0 Å². The number of hydrogen-bond acceptors (Lipinski definition) is 4. The molecule has 0 radical (unpaired) electrons. The molecule has 2 aliphatic heterocycles. The van der Waals surface area contributed by atoms with Gasteiger partial charge in [-0.1, -0.05) is 0 Å². The largest absolute Gasteiger partial charge is 0.441 e. The topological polar surface area (TPSA) is 48.0 Å². The fourth-order valence-electron chi connectivity index (χ4n) is 3.89. The van der Waals surface area contributed by atoms with E-state index in [1.807, 2.05) is 0 Å². The lowest BCUT2D eigenvalue weighted by molar-refractivity contribution is -0.174. The summed E-state index contributed by atoms with van der Waals surface area (Å²) in [4.78, 5) is 13.8. The molecule has 4 rings (SSSR count). The minimum Gasteiger partial charge on any atom is -0.441 e. The van der Waals surface area contributed by atoms with E-state index in [-0.39, 0.29) is 17.9 Å². The van der Waals surface area contributed by atoms with Crippen molar-refractivity contribution in [2.75, 3.05) is 18.1 Å². The quantitative estimate of drug-likeness (QED) is 0.549. The molecule has 2 fully saturated rings. The molecule has 2 aromatic rings. The van der Waals surface area contributed by atoms with Crippen molar-refractivity contribution >= 4 is 11.8 Å². The number of halogens is 5. The standard InChI is InChI=1S/C22H20F5NO4/c23-15-9-13(10-16(24)11-15)20-18(12-31-19-3-1-2-8-30-19)32-21(29)28(20)17-6-4-14(5-7-17)22(25,26)27/h4-7,9-11,18-20H,1-3,8,12H2/t18-,19?,20-/m0/s1. The van der Waals surface area contributed by atoms with Gasteiger partial charge in [0.25, 0.3) is 0 Å². The zero-order chi connectivity index (χ0) is 22.9. The van der Waals surface area contributed by atoms with Crippen molar-refractivity contribution in [2.24, 2.45) is 0 Å². The third-order valence-corrected chi connectivity index (χ3v) is 5.36. The molecule has 3 atom stereocenters. The first-order valence-electron chi connectivity index (χ1n) is 10.1. The second-order valence-electron chi connectivity index (χ2n) is 7.61. The average Bonchev–Trinajstić information content (AvgIpc) is 3.08. The Kier molecular flexibility index (Phi) is 6.34. The molecule has 2 aliphatic rings. The Labute approximate surface area is 180 Å². The van der Waals surface area contributed by atoms with Gasteiger partial charge in [-0.25, -0.2) is 13.6 Å². The first-order chi connectivity index (χ1) is 15.2. The maximum absolute atomic E-state index is 13.9. The SMILES string of the molecule is O=C1O[C@@H](COC2CCCCO2)[C@H](c2cc(F)cc(F)c2)N1c1ccc(C(F)(F)F)cc1. The van der Waals surface area contributed by atoms with Gasteiger partial charge in [0.05, 0.1) is 12.2 Å². The number of benzene rings is 2. The van der Waals surface area contributed by atoms with Gasteiger partial charge in [0.15, 0.2) is 12.4 Å². The number of ether oxygens (including phenoxy) is 3. The van der Waals surface area contributed by atoms with E-state index in [1.54, 1.807) is 0 Å². The van der Waals surface area contributed by atoms with Crippen LogP contribution in [0.1, 0.15) is 36.4 Å². The van der Waals surface area contributed by atoms with Gasteiger partial charge >= 0.3 is 12.3 Å². The molecule has 1 unspecified atom stereocenters. The number of amides is 1. The normalized spacial score (nSPS) is 24.0. The Morgan fingerprint density at radius 1 is 1.03 bits per heavy atom. The van der Waals surface area contributed by atoms with Crippen LogP contribution in [0, 0.1) is 11.6 Å². The second kappa shape index (κ2) is 9.03. The van der Waals surface area contributed by atoms with Crippen LogP contribution in [0.2, 0.25) is 0 Å².